The van der Waals surface area contributed by atoms with Gasteiger partial charge in [-0.1, -0.05) is 15.9 Å². The standard InChI is InChI=1S/C17H20BrFO/c18-15-1-2-16(19)12(8-15)9-17(20)13-4-10-3-11(6-13)7-14(17)5-10/h1-2,8,10-11,13-14,20H,3-7,9H2. The van der Waals surface area contributed by atoms with Crippen LogP contribution in [-0.2, 0) is 6.42 Å². The lowest BCUT2D eigenvalue weighted by Gasteiger charge is -2.59. The van der Waals surface area contributed by atoms with Gasteiger partial charge < -0.3 is 5.11 Å². The highest BCUT2D eigenvalue weighted by Gasteiger charge is 2.56. The SMILES string of the molecule is OC1(Cc2cc(Br)ccc2F)C2CC3CC(C2)CC1C3. The Kier molecular flexibility index (Phi) is 3.01. The van der Waals surface area contributed by atoms with Gasteiger partial charge in [-0.15, -0.1) is 0 Å². The largest absolute Gasteiger partial charge is 0.389 e. The van der Waals surface area contributed by atoms with Gasteiger partial charge in [0.15, 0.2) is 0 Å². The molecule has 0 amide bonds. The second-order valence-electron chi connectivity index (χ2n) is 7.21. The summed E-state index contributed by atoms with van der Waals surface area (Å²) in [4.78, 5) is 0. The third kappa shape index (κ3) is 1.97. The van der Waals surface area contributed by atoms with Crippen molar-refractivity contribution < 1.29 is 9.50 Å². The zero-order chi connectivity index (χ0) is 13.9. The van der Waals surface area contributed by atoms with E-state index < -0.39 is 5.60 Å². The van der Waals surface area contributed by atoms with E-state index in [2.05, 4.69) is 15.9 Å². The fraction of sp³-hybridized carbons (Fsp3) is 0.647. The van der Waals surface area contributed by atoms with Crippen LogP contribution in [0.15, 0.2) is 22.7 Å². The summed E-state index contributed by atoms with van der Waals surface area (Å²) in [6.45, 7) is 0. The Morgan fingerprint density at radius 1 is 1.10 bits per heavy atom. The van der Waals surface area contributed by atoms with Crippen molar-refractivity contribution in [2.75, 3.05) is 0 Å². The van der Waals surface area contributed by atoms with Crippen LogP contribution in [0.25, 0.3) is 0 Å². The van der Waals surface area contributed by atoms with Gasteiger partial charge in [-0.25, -0.2) is 4.39 Å². The molecule has 1 nitrogen and oxygen atoms in total. The third-order valence-electron chi connectivity index (χ3n) is 6.03. The fourth-order valence-corrected chi connectivity index (χ4v) is 5.68. The second-order valence-corrected chi connectivity index (χ2v) is 8.12. The number of hydrogen-bond donors (Lipinski definition) is 1. The molecule has 0 unspecified atom stereocenters. The van der Waals surface area contributed by atoms with Crippen molar-refractivity contribution in [2.45, 2.75) is 44.1 Å². The molecule has 4 bridgehead atoms. The molecule has 4 fully saturated rings. The fourth-order valence-electron chi connectivity index (χ4n) is 5.27. The van der Waals surface area contributed by atoms with E-state index in [0.29, 0.717) is 23.8 Å². The summed E-state index contributed by atoms with van der Waals surface area (Å²) < 4.78 is 14.9. The predicted octanol–water partition coefficient (Wildman–Crippen LogP) is 4.32. The minimum absolute atomic E-state index is 0.185. The summed E-state index contributed by atoms with van der Waals surface area (Å²) in [5.41, 5.74) is -0.0101. The maximum Gasteiger partial charge on any atom is 0.126 e. The minimum atomic E-state index is -0.672. The van der Waals surface area contributed by atoms with Gasteiger partial charge in [0.05, 0.1) is 5.60 Å². The van der Waals surface area contributed by atoms with Crippen molar-refractivity contribution >= 4 is 15.9 Å². The van der Waals surface area contributed by atoms with Gasteiger partial charge in [0.25, 0.3) is 0 Å². The molecule has 1 aromatic carbocycles. The number of hydrogen-bond acceptors (Lipinski definition) is 1. The lowest BCUT2D eigenvalue weighted by molar-refractivity contribution is -0.172. The molecule has 0 aliphatic heterocycles. The van der Waals surface area contributed by atoms with Crippen LogP contribution in [0.4, 0.5) is 4.39 Å². The van der Waals surface area contributed by atoms with Crippen molar-refractivity contribution in [3.63, 3.8) is 0 Å². The van der Waals surface area contributed by atoms with Crippen LogP contribution < -0.4 is 0 Å². The van der Waals surface area contributed by atoms with Crippen LogP contribution in [-0.4, -0.2) is 10.7 Å². The van der Waals surface area contributed by atoms with Gasteiger partial charge in [-0.3, -0.25) is 0 Å². The smallest absolute Gasteiger partial charge is 0.126 e. The summed E-state index contributed by atoms with van der Waals surface area (Å²) in [5, 5.41) is 11.3. The monoisotopic (exact) mass is 338 g/mol. The van der Waals surface area contributed by atoms with E-state index in [9.17, 15) is 9.50 Å². The van der Waals surface area contributed by atoms with E-state index >= 15 is 0 Å². The molecule has 4 aliphatic rings. The molecule has 1 aromatic rings. The number of benzene rings is 1. The lowest BCUT2D eigenvalue weighted by atomic mass is 9.49. The second kappa shape index (κ2) is 4.54. The Morgan fingerprint density at radius 3 is 2.30 bits per heavy atom. The van der Waals surface area contributed by atoms with Crippen molar-refractivity contribution in [1.82, 2.24) is 0 Å². The first-order valence-corrected chi connectivity index (χ1v) is 8.50. The molecule has 0 heterocycles. The number of aliphatic hydroxyl groups is 1. The minimum Gasteiger partial charge on any atom is -0.389 e. The molecule has 3 heteroatoms. The van der Waals surface area contributed by atoms with Gasteiger partial charge in [-0.2, -0.15) is 0 Å². The number of halogens is 2. The molecule has 4 saturated carbocycles. The van der Waals surface area contributed by atoms with Crippen LogP contribution in [0.2, 0.25) is 0 Å². The summed E-state index contributed by atoms with van der Waals surface area (Å²) in [6, 6.07) is 5.05. The highest BCUT2D eigenvalue weighted by atomic mass is 79.9. The first kappa shape index (κ1) is 13.3. The van der Waals surface area contributed by atoms with Gasteiger partial charge in [0.2, 0.25) is 0 Å². The molecule has 0 aromatic heterocycles. The average molecular weight is 339 g/mol. The highest BCUT2D eigenvalue weighted by molar-refractivity contribution is 9.10. The van der Waals surface area contributed by atoms with E-state index in [0.717, 1.165) is 42.0 Å². The molecule has 5 rings (SSSR count). The zero-order valence-corrected chi connectivity index (χ0v) is 13.1. The summed E-state index contributed by atoms with van der Waals surface area (Å²) in [7, 11) is 0. The Morgan fingerprint density at radius 2 is 1.70 bits per heavy atom. The van der Waals surface area contributed by atoms with E-state index in [4.69, 9.17) is 0 Å². The predicted molar refractivity (Wildman–Crippen MR) is 79.8 cm³/mol. The Hall–Kier alpha value is -0.410. The Bertz CT molecular complexity index is 514. The molecule has 20 heavy (non-hydrogen) atoms. The number of rotatable bonds is 2. The zero-order valence-electron chi connectivity index (χ0n) is 11.5. The maximum absolute atomic E-state index is 14.0. The topological polar surface area (TPSA) is 20.2 Å². The molecule has 108 valence electrons. The average Bonchev–Trinajstić information content (AvgIpc) is 2.40. The molecule has 0 spiro atoms. The van der Waals surface area contributed by atoms with E-state index in [1.807, 2.05) is 6.07 Å². The Balaban J connectivity index is 1.66. The van der Waals surface area contributed by atoms with Gasteiger partial charge >= 0.3 is 0 Å². The van der Waals surface area contributed by atoms with Gasteiger partial charge in [0.1, 0.15) is 5.82 Å². The Labute approximate surface area is 127 Å². The van der Waals surface area contributed by atoms with Crippen molar-refractivity contribution in [3.8, 4) is 0 Å². The van der Waals surface area contributed by atoms with Crippen LogP contribution in [0.1, 0.15) is 37.7 Å². The third-order valence-corrected chi connectivity index (χ3v) is 6.53. The first-order valence-electron chi connectivity index (χ1n) is 7.71. The molecular formula is C17H20BrFO. The van der Waals surface area contributed by atoms with Crippen LogP contribution in [0.3, 0.4) is 0 Å². The molecule has 0 saturated heterocycles. The maximum atomic E-state index is 14.0. The van der Waals surface area contributed by atoms with Crippen molar-refractivity contribution in [1.29, 1.82) is 0 Å². The summed E-state index contributed by atoms with van der Waals surface area (Å²) in [6.07, 6.45) is 6.46. The van der Waals surface area contributed by atoms with Gasteiger partial charge in [-0.05, 0) is 79.5 Å². The van der Waals surface area contributed by atoms with Crippen LogP contribution >= 0.6 is 15.9 Å². The van der Waals surface area contributed by atoms with E-state index in [-0.39, 0.29) is 5.82 Å². The first-order chi connectivity index (χ1) is 9.54. The van der Waals surface area contributed by atoms with Crippen LogP contribution in [0.5, 0.6) is 0 Å². The van der Waals surface area contributed by atoms with Crippen molar-refractivity contribution in [3.05, 3.63) is 34.1 Å². The van der Waals surface area contributed by atoms with E-state index in [1.165, 1.54) is 12.5 Å². The molecule has 4 aliphatic carbocycles. The molecule has 0 radical (unpaired) electrons. The normalized spacial score (nSPS) is 42.1. The molecule has 1 N–H and O–H groups in total. The summed E-state index contributed by atoms with van der Waals surface area (Å²) >= 11 is 3.41. The lowest BCUT2D eigenvalue weighted by Crippen LogP contribution is -2.58. The van der Waals surface area contributed by atoms with Crippen molar-refractivity contribution in [2.24, 2.45) is 23.7 Å². The van der Waals surface area contributed by atoms with E-state index in [1.54, 1.807) is 6.07 Å². The summed E-state index contributed by atoms with van der Waals surface area (Å²) in [5.74, 6) is 2.24. The molecule has 0 atom stereocenters. The molecular weight excluding hydrogens is 319 g/mol. The highest BCUT2D eigenvalue weighted by Crippen LogP contribution is 2.59. The van der Waals surface area contributed by atoms with Gasteiger partial charge in [0, 0.05) is 10.9 Å². The van der Waals surface area contributed by atoms with Crippen LogP contribution in [0, 0.1) is 29.5 Å². The quantitative estimate of drug-likeness (QED) is 0.851.